The first-order valence-corrected chi connectivity index (χ1v) is 8.85. The van der Waals surface area contributed by atoms with Crippen molar-refractivity contribution in [3.8, 4) is 11.1 Å². The topological polar surface area (TPSA) is 29.3 Å². The number of rotatable bonds is 10. The Bertz CT molecular complexity index is 785. The predicted molar refractivity (Wildman–Crippen MR) is 131 cm³/mol. The molecule has 2 aromatic rings. The van der Waals surface area contributed by atoms with Gasteiger partial charge in [-0.25, -0.2) is 0 Å². The predicted octanol–water partition coefficient (Wildman–Crippen LogP) is 6.41. The summed E-state index contributed by atoms with van der Waals surface area (Å²) in [5, 5.41) is 0. The standard InChI is InChI=1S/C24H28N2.2ClH/c1-5-9-22-21(19-11-13-20(25)14-12-19)15-16-24(23(22)10-6-2)26(17-7-3)18-8-4;;/h5-8,11-16H,1-4,9-10,17-18,25H2;2*1H. The van der Waals surface area contributed by atoms with Gasteiger partial charge in [-0.3, -0.25) is 0 Å². The molecular weight excluding hydrogens is 387 g/mol. The summed E-state index contributed by atoms with van der Waals surface area (Å²) in [6.07, 6.45) is 9.35. The van der Waals surface area contributed by atoms with Crippen molar-refractivity contribution in [2.75, 3.05) is 23.7 Å². The summed E-state index contributed by atoms with van der Waals surface area (Å²) in [4.78, 5) is 2.28. The molecule has 0 aromatic heterocycles. The number of halogens is 2. The third kappa shape index (κ3) is 6.05. The van der Waals surface area contributed by atoms with Crippen molar-refractivity contribution < 1.29 is 0 Å². The van der Waals surface area contributed by atoms with E-state index in [1.807, 2.05) is 36.4 Å². The third-order valence-corrected chi connectivity index (χ3v) is 4.36. The van der Waals surface area contributed by atoms with E-state index in [9.17, 15) is 0 Å². The Hall–Kier alpha value is -2.42. The number of benzene rings is 2. The molecule has 0 aliphatic heterocycles. The van der Waals surface area contributed by atoms with Gasteiger partial charge in [-0.2, -0.15) is 0 Å². The normalized spacial score (nSPS) is 9.43. The molecule has 4 heteroatoms. The molecule has 2 N–H and O–H groups in total. The summed E-state index contributed by atoms with van der Waals surface area (Å²) in [5.74, 6) is 0. The van der Waals surface area contributed by atoms with Crippen LogP contribution in [0.5, 0.6) is 0 Å². The van der Waals surface area contributed by atoms with E-state index in [4.69, 9.17) is 5.73 Å². The van der Waals surface area contributed by atoms with Gasteiger partial charge < -0.3 is 10.6 Å². The first-order valence-electron chi connectivity index (χ1n) is 8.85. The van der Waals surface area contributed by atoms with E-state index < -0.39 is 0 Å². The molecule has 0 radical (unpaired) electrons. The van der Waals surface area contributed by atoms with Crippen LogP contribution in [-0.2, 0) is 12.8 Å². The van der Waals surface area contributed by atoms with Crippen molar-refractivity contribution in [2.24, 2.45) is 0 Å². The van der Waals surface area contributed by atoms with E-state index in [-0.39, 0.29) is 24.8 Å². The number of anilines is 2. The second-order valence-electron chi connectivity index (χ2n) is 6.18. The van der Waals surface area contributed by atoms with Gasteiger partial charge >= 0.3 is 0 Å². The summed E-state index contributed by atoms with van der Waals surface area (Å²) in [5.41, 5.74) is 12.7. The molecule has 2 nitrogen and oxygen atoms in total. The number of nitrogen functional groups attached to an aromatic ring is 1. The van der Waals surface area contributed by atoms with Gasteiger partial charge in [0, 0.05) is 24.5 Å². The van der Waals surface area contributed by atoms with Crippen molar-refractivity contribution in [3.63, 3.8) is 0 Å². The van der Waals surface area contributed by atoms with Crippen molar-refractivity contribution in [1.82, 2.24) is 0 Å². The van der Waals surface area contributed by atoms with Gasteiger partial charge in [-0.05, 0) is 53.3 Å². The van der Waals surface area contributed by atoms with Gasteiger partial charge in [0.05, 0.1) is 0 Å². The van der Waals surface area contributed by atoms with E-state index in [1.54, 1.807) is 0 Å². The SMILES string of the molecule is C=CCc1c(-c2ccc(N)cc2)ccc(N(CC=C)CC=C)c1CC=C.Cl.Cl. The quantitative estimate of drug-likeness (QED) is 0.357. The Labute approximate surface area is 182 Å². The molecule has 0 aliphatic carbocycles. The Balaban J connectivity index is 0.00000364. The molecule has 150 valence electrons. The van der Waals surface area contributed by atoms with Gasteiger partial charge in [-0.1, -0.05) is 42.5 Å². The minimum atomic E-state index is 0. The highest BCUT2D eigenvalue weighted by Crippen LogP contribution is 2.34. The first kappa shape index (κ1) is 25.6. The Morgan fingerprint density at radius 1 is 0.714 bits per heavy atom. The van der Waals surface area contributed by atoms with E-state index in [0.717, 1.165) is 37.2 Å². The molecule has 0 fully saturated rings. The minimum absolute atomic E-state index is 0. The fourth-order valence-corrected chi connectivity index (χ4v) is 3.24. The largest absolute Gasteiger partial charge is 0.399 e. The molecule has 0 unspecified atom stereocenters. The van der Waals surface area contributed by atoms with E-state index in [1.165, 1.54) is 22.4 Å². The van der Waals surface area contributed by atoms with Gasteiger partial charge in [0.15, 0.2) is 0 Å². The molecule has 0 saturated carbocycles. The van der Waals surface area contributed by atoms with Crippen molar-refractivity contribution in [2.45, 2.75) is 12.8 Å². The summed E-state index contributed by atoms with van der Waals surface area (Å²) in [6, 6.07) is 12.4. The van der Waals surface area contributed by atoms with Crippen molar-refractivity contribution in [3.05, 3.63) is 98.1 Å². The maximum atomic E-state index is 5.85. The van der Waals surface area contributed by atoms with Crippen LogP contribution in [0, 0.1) is 0 Å². The fourth-order valence-electron chi connectivity index (χ4n) is 3.24. The Morgan fingerprint density at radius 2 is 1.25 bits per heavy atom. The monoisotopic (exact) mass is 416 g/mol. The molecule has 0 aliphatic rings. The molecular formula is C24H30Cl2N2. The number of nitrogens with two attached hydrogens (primary N) is 1. The maximum Gasteiger partial charge on any atom is 0.0410 e. The second-order valence-corrected chi connectivity index (χ2v) is 6.18. The van der Waals surface area contributed by atoms with Gasteiger partial charge in [0.1, 0.15) is 0 Å². The fraction of sp³-hybridized carbons (Fsp3) is 0.167. The van der Waals surface area contributed by atoms with Crippen LogP contribution in [0.25, 0.3) is 11.1 Å². The lowest BCUT2D eigenvalue weighted by Crippen LogP contribution is -2.25. The summed E-state index contributed by atoms with van der Waals surface area (Å²) < 4.78 is 0. The molecule has 0 spiro atoms. The highest BCUT2D eigenvalue weighted by molar-refractivity contribution is 5.85. The smallest absolute Gasteiger partial charge is 0.0410 e. The molecule has 0 atom stereocenters. The van der Waals surface area contributed by atoms with Crippen LogP contribution in [-0.4, -0.2) is 13.1 Å². The van der Waals surface area contributed by atoms with Crippen LogP contribution >= 0.6 is 24.8 Å². The minimum Gasteiger partial charge on any atom is -0.399 e. The van der Waals surface area contributed by atoms with Crippen LogP contribution in [0.3, 0.4) is 0 Å². The number of hydrogen-bond acceptors (Lipinski definition) is 2. The third-order valence-electron chi connectivity index (χ3n) is 4.36. The van der Waals surface area contributed by atoms with Crippen LogP contribution in [0.1, 0.15) is 11.1 Å². The molecule has 0 heterocycles. The Kier molecular flexibility index (Phi) is 11.8. The molecule has 0 saturated heterocycles. The molecule has 0 amide bonds. The van der Waals surface area contributed by atoms with E-state index >= 15 is 0 Å². The highest BCUT2D eigenvalue weighted by atomic mass is 35.5. The van der Waals surface area contributed by atoms with Crippen LogP contribution in [0.4, 0.5) is 11.4 Å². The Morgan fingerprint density at radius 3 is 1.75 bits per heavy atom. The number of nitrogens with zero attached hydrogens (tertiary/aromatic N) is 1. The molecule has 2 aromatic carbocycles. The summed E-state index contributed by atoms with van der Waals surface area (Å²) in [7, 11) is 0. The van der Waals surface area contributed by atoms with Crippen molar-refractivity contribution >= 4 is 36.2 Å². The number of hydrogen-bond donors (Lipinski definition) is 1. The molecule has 2 rings (SSSR count). The van der Waals surface area contributed by atoms with Gasteiger partial charge in [0.2, 0.25) is 0 Å². The zero-order chi connectivity index (χ0) is 18.9. The first-order chi connectivity index (χ1) is 12.7. The van der Waals surface area contributed by atoms with Gasteiger partial charge in [0.25, 0.3) is 0 Å². The average Bonchev–Trinajstić information content (AvgIpc) is 2.64. The van der Waals surface area contributed by atoms with Crippen LogP contribution in [0.15, 0.2) is 87.0 Å². The number of allylic oxidation sites excluding steroid dienone is 2. The lowest BCUT2D eigenvalue weighted by Gasteiger charge is -2.27. The van der Waals surface area contributed by atoms with Crippen molar-refractivity contribution in [1.29, 1.82) is 0 Å². The zero-order valence-corrected chi connectivity index (χ0v) is 17.9. The lowest BCUT2D eigenvalue weighted by molar-refractivity contribution is 0.938. The summed E-state index contributed by atoms with van der Waals surface area (Å²) in [6.45, 7) is 17.2. The molecule has 28 heavy (non-hydrogen) atoms. The zero-order valence-electron chi connectivity index (χ0n) is 16.3. The second kappa shape index (κ2) is 12.9. The maximum absolute atomic E-state index is 5.85. The van der Waals surface area contributed by atoms with E-state index in [0.29, 0.717) is 0 Å². The highest BCUT2D eigenvalue weighted by Gasteiger charge is 2.16. The van der Waals surface area contributed by atoms with Gasteiger partial charge in [-0.15, -0.1) is 51.1 Å². The van der Waals surface area contributed by atoms with E-state index in [2.05, 4.69) is 55.5 Å². The lowest BCUT2D eigenvalue weighted by atomic mass is 9.90. The molecule has 0 bridgehead atoms. The van der Waals surface area contributed by atoms with Crippen LogP contribution < -0.4 is 10.6 Å². The average molecular weight is 417 g/mol. The van der Waals surface area contributed by atoms with Crippen LogP contribution in [0.2, 0.25) is 0 Å². The summed E-state index contributed by atoms with van der Waals surface area (Å²) >= 11 is 0.